The number of aliphatic hydroxyl groups excluding tert-OH is 1. The second kappa shape index (κ2) is 7.59. The average molecular weight is 464 g/mol. The number of Topliss-reactive ketones (excluding diaryl/α,β-unsaturated/α-hetero) is 1. The molecule has 0 spiro atoms. The van der Waals surface area contributed by atoms with Crippen molar-refractivity contribution in [3.63, 3.8) is 0 Å². The Balaban J connectivity index is 1.57. The maximum Gasteiger partial charge on any atom is 0.279 e. The fourth-order valence-electron chi connectivity index (χ4n) is 5.53. The van der Waals surface area contributed by atoms with E-state index in [1.54, 1.807) is 7.11 Å². The van der Waals surface area contributed by atoms with Gasteiger partial charge in [0.15, 0.2) is 5.78 Å². The number of hydrogen-bond acceptors (Lipinski definition) is 6. The highest BCUT2D eigenvalue weighted by molar-refractivity contribution is 7.20. The number of nitrogens with zero attached hydrogens (tertiary/aromatic N) is 1. The van der Waals surface area contributed by atoms with E-state index in [1.807, 2.05) is 36.4 Å². The van der Waals surface area contributed by atoms with Crippen molar-refractivity contribution >= 4 is 32.9 Å². The van der Waals surface area contributed by atoms with Crippen LogP contribution in [-0.2, 0) is 11.2 Å². The van der Waals surface area contributed by atoms with Crippen molar-refractivity contribution in [1.82, 2.24) is 4.98 Å². The lowest BCUT2D eigenvalue weighted by atomic mass is 9.58. The summed E-state index contributed by atoms with van der Waals surface area (Å²) in [6.07, 6.45) is 2.38. The molecule has 3 aromatic rings. The van der Waals surface area contributed by atoms with Crippen LogP contribution in [0.15, 0.2) is 42.2 Å². The number of benzene rings is 2. The van der Waals surface area contributed by atoms with Crippen molar-refractivity contribution in [3.8, 4) is 16.7 Å². The number of aromatic nitrogens is 1. The zero-order valence-corrected chi connectivity index (χ0v) is 20.5. The molecule has 0 saturated heterocycles. The van der Waals surface area contributed by atoms with Crippen LogP contribution in [0.4, 0.5) is 0 Å². The Hall–Kier alpha value is -2.86. The van der Waals surface area contributed by atoms with Gasteiger partial charge in [0.1, 0.15) is 17.3 Å². The van der Waals surface area contributed by atoms with Crippen molar-refractivity contribution in [3.05, 3.63) is 53.3 Å². The fraction of sp³-hybridized carbons (Fsp3) is 0.407. The molecule has 0 radical (unpaired) electrons. The van der Waals surface area contributed by atoms with Gasteiger partial charge in [0.2, 0.25) is 0 Å². The minimum Gasteiger partial charge on any atom is -0.511 e. The number of allylic oxidation sites excluding steroid dienone is 2. The molecule has 1 aromatic heterocycles. The lowest BCUT2D eigenvalue weighted by molar-refractivity contribution is -0.122. The number of methoxy groups -OCH3 is 1. The Morgan fingerprint density at radius 1 is 1.15 bits per heavy atom. The van der Waals surface area contributed by atoms with Gasteiger partial charge in [-0.1, -0.05) is 45.1 Å². The number of carbonyl (C=O) groups is 1. The number of ether oxygens (including phenoxy) is 2. The van der Waals surface area contributed by atoms with Crippen LogP contribution in [0.2, 0.25) is 0 Å². The minimum absolute atomic E-state index is 0.0476. The summed E-state index contributed by atoms with van der Waals surface area (Å²) in [6.45, 7) is 8.37. The van der Waals surface area contributed by atoms with Crippen molar-refractivity contribution in [2.75, 3.05) is 7.11 Å². The highest BCUT2D eigenvalue weighted by Crippen LogP contribution is 2.64. The summed E-state index contributed by atoms with van der Waals surface area (Å²) in [5, 5.41) is 11.9. The first-order chi connectivity index (χ1) is 15.7. The number of carbonyl (C=O) groups excluding carboxylic acids is 1. The molecule has 2 aromatic carbocycles. The van der Waals surface area contributed by atoms with E-state index in [4.69, 9.17) is 9.47 Å². The molecule has 5 rings (SSSR count). The van der Waals surface area contributed by atoms with Gasteiger partial charge in [-0.25, -0.2) is 4.98 Å². The number of hydrogen-bond donors (Lipinski definition) is 1. The summed E-state index contributed by atoms with van der Waals surface area (Å²) in [5.41, 5.74) is 2.43. The molecule has 1 N–H and O–H groups in total. The topological polar surface area (TPSA) is 68.7 Å². The van der Waals surface area contributed by atoms with Gasteiger partial charge in [0.25, 0.3) is 5.19 Å². The normalized spacial score (nSPS) is 23.9. The minimum atomic E-state index is -0.408. The molecule has 1 saturated carbocycles. The summed E-state index contributed by atoms with van der Waals surface area (Å²) in [7, 11) is 1.64. The van der Waals surface area contributed by atoms with Crippen molar-refractivity contribution in [1.29, 1.82) is 0 Å². The third kappa shape index (κ3) is 3.18. The lowest BCUT2D eigenvalue weighted by Gasteiger charge is -2.45. The van der Waals surface area contributed by atoms with E-state index in [1.165, 1.54) is 11.3 Å². The predicted molar refractivity (Wildman–Crippen MR) is 131 cm³/mol. The molecular weight excluding hydrogens is 434 g/mol. The van der Waals surface area contributed by atoms with Crippen LogP contribution in [0.1, 0.15) is 51.7 Å². The fourth-order valence-corrected chi connectivity index (χ4v) is 6.39. The number of aliphatic hydroxyl groups is 1. The molecule has 6 heteroatoms. The first kappa shape index (κ1) is 22.0. The number of rotatable bonds is 5. The molecule has 2 atom stereocenters. The molecule has 2 bridgehead atoms. The largest absolute Gasteiger partial charge is 0.511 e. The quantitative estimate of drug-likeness (QED) is 0.443. The van der Waals surface area contributed by atoms with Gasteiger partial charge in [-0.05, 0) is 66.1 Å². The zero-order chi connectivity index (χ0) is 23.5. The van der Waals surface area contributed by atoms with Crippen LogP contribution >= 0.6 is 11.3 Å². The smallest absolute Gasteiger partial charge is 0.279 e. The summed E-state index contributed by atoms with van der Waals surface area (Å²) in [6, 6.07) is 11.5. The number of aryl methyl sites for hydroxylation is 1. The standard InChI is InChI=1S/C27H29NO4S/c1-6-15-7-8-17(32-25-28-20-10-9-16(31-5)14-21(20)33-25)13-18(15)22-23(29)19-11-12-27(4,24(22)30)26(19,2)3/h7-10,13-14,19,30H,6,11-12H2,1-5H3/t19-,27+/m0/s1. The van der Waals surface area contributed by atoms with Crippen molar-refractivity contribution < 1.29 is 19.4 Å². The molecule has 0 amide bonds. The van der Waals surface area contributed by atoms with E-state index < -0.39 is 5.41 Å². The van der Waals surface area contributed by atoms with Gasteiger partial charge in [-0.15, -0.1) is 0 Å². The van der Waals surface area contributed by atoms with Gasteiger partial charge in [0, 0.05) is 11.3 Å². The highest BCUT2D eigenvalue weighted by atomic mass is 32.1. The number of fused-ring (bicyclic) bond motifs is 3. The lowest BCUT2D eigenvalue weighted by Crippen LogP contribution is -2.43. The summed E-state index contributed by atoms with van der Waals surface area (Å²) < 4.78 is 12.4. The van der Waals surface area contributed by atoms with Gasteiger partial charge in [0.05, 0.1) is 22.9 Å². The molecular formula is C27H29NO4S. The van der Waals surface area contributed by atoms with E-state index in [2.05, 4.69) is 32.7 Å². The molecule has 0 aliphatic heterocycles. The van der Waals surface area contributed by atoms with E-state index in [0.29, 0.717) is 16.5 Å². The highest BCUT2D eigenvalue weighted by Gasteiger charge is 2.61. The van der Waals surface area contributed by atoms with E-state index in [9.17, 15) is 9.90 Å². The Kier molecular flexibility index (Phi) is 5.05. The first-order valence-corrected chi connectivity index (χ1v) is 12.2. The van der Waals surface area contributed by atoms with Crippen LogP contribution in [0.5, 0.6) is 16.7 Å². The molecule has 2 aliphatic carbocycles. The third-order valence-electron chi connectivity index (χ3n) is 8.06. The molecule has 5 nitrogen and oxygen atoms in total. The molecule has 1 fully saturated rings. The Labute approximate surface area is 198 Å². The molecule has 33 heavy (non-hydrogen) atoms. The maximum atomic E-state index is 13.6. The van der Waals surface area contributed by atoms with Crippen molar-refractivity contribution in [2.45, 2.75) is 47.0 Å². The molecule has 0 unspecified atom stereocenters. The van der Waals surface area contributed by atoms with Crippen molar-refractivity contribution in [2.24, 2.45) is 16.7 Å². The van der Waals surface area contributed by atoms with Crippen LogP contribution in [0.3, 0.4) is 0 Å². The average Bonchev–Trinajstić information content (AvgIpc) is 3.27. The van der Waals surface area contributed by atoms with Crippen LogP contribution in [0.25, 0.3) is 15.8 Å². The Morgan fingerprint density at radius 2 is 1.91 bits per heavy atom. The van der Waals surface area contributed by atoms with E-state index >= 15 is 0 Å². The SMILES string of the molecule is CCc1ccc(Oc2nc3ccc(OC)cc3s2)cc1C1=C(O)[C@@]2(C)CC[C@@H](C1=O)C2(C)C. The summed E-state index contributed by atoms with van der Waals surface area (Å²) >= 11 is 1.44. The zero-order valence-electron chi connectivity index (χ0n) is 19.7. The van der Waals surface area contributed by atoms with E-state index in [-0.39, 0.29) is 22.9 Å². The van der Waals surface area contributed by atoms with Crippen LogP contribution in [0, 0.1) is 16.7 Å². The number of thiazole rings is 1. The molecule has 172 valence electrons. The van der Waals surface area contributed by atoms with E-state index in [0.717, 1.165) is 46.4 Å². The second-order valence-corrected chi connectivity index (χ2v) is 10.8. The maximum absolute atomic E-state index is 13.6. The molecule has 2 aliphatic rings. The predicted octanol–water partition coefficient (Wildman–Crippen LogP) is 6.95. The Morgan fingerprint density at radius 3 is 2.64 bits per heavy atom. The van der Waals surface area contributed by atoms with Gasteiger partial charge >= 0.3 is 0 Å². The van der Waals surface area contributed by atoms with Gasteiger partial charge in [-0.3, -0.25) is 4.79 Å². The second-order valence-electron chi connectivity index (χ2n) is 9.82. The first-order valence-electron chi connectivity index (χ1n) is 11.4. The van der Waals surface area contributed by atoms with Gasteiger partial charge < -0.3 is 14.6 Å². The monoisotopic (exact) mass is 463 g/mol. The summed E-state index contributed by atoms with van der Waals surface area (Å²) in [5.74, 6) is 1.57. The Bertz CT molecular complexity index is 1300. The molecule has 1 heterocycles. The number of ketones is 1. The van der Waals surface area contributed by atoms with Crippen LogP contribution in [-0.4, -0.2) is 23.0 Å². The summed E-state index contributed by atoms with van der Waals surface area (Å²) in [4.78, 5) is 18.2. The van der Waals surface area contributed by atoms with Crippen LogP contribution < -0.4 is 9.47 Å². The van der Waals surface area contributed by atoms with Gasteiger partial charge in [-0.2, -0.15) is 0 Å². The third-order valence-corrected chi connectivity index (χ3v) is 8.96.